The number of sulfonamides is 1. The highest BCUT2D eigenvalue weighted by Crippen LogP contribution is 2.18. The lowest BCUT2D eigenvalue weighted by molar-refractivity contribution is -0.118. The molecule has 0 heterocycles. The number of carbonyl (C=O) groups is 1. The van der Waals surface area contributed by atoms with Gasteiger partial charge in [0, 0.05) is 5.69 Å². The van der Waals surface area contributed by atoms with Gasteiger partial charge in [-0.3, -0.25) is 4.79 Å². The summed E-state index contributed by atoms with van der Waals surface area (Å²) in [6, 6.07) is 11.3. The van der Waals surface area contributed by atoms with Crippen molar-refractivity contribution >= 4 is 21.6 Å². The largest absolute Gasteiger partial charge is 0.483 e. The zero-order chi connectivity index (χ0) is 17.0. The number of aryl methyl sites for hydroxylation is 2. The van der Waals surface area contributed by atoms with Gasteiger partial charge >= 0.3 is 0 Å². The SMILES string of the molecule is Cc1ccc(OCC(=O)Nc2ccc(S(N)(=O)=O)cc2)c(C)c1. The van der Waals surface area contributed by atoms with E-state index in [4.69, 9.17) is 9.88 Å². The third kappa shape index (κ3) is 4.80. The first kappa shape index (κ1) is 17.0. The summed E-state index contributed by atoms with van der Waals surface area (Å²) in [5, 5.41) is 7.63. The number of nitrogens with two attached hydrogens (primary N) is 1. The minimum atomic E-state index is -3.74. The van der Waals surface area contributed by atoms with Crippen molar-refractivity contribution in [2.24, 2.45) is 5.14 Å². The van der Waals surface area contributed by atoms with Crippen LogP contribution in [0.4, 0.5) is 5.69 Å². The quantitative estimate of drug-likeness (QED) is 0.873. The number of amides is 1. The maximum Gasteiger partial charge on any atom is 0.262 e. The average molecular weight is 334 g/mol. The predicted octanol–water partition coefficient (Wildman–Crippen LogP) is 1.97. The molecule has 0 unspecified atom stereocenters. The Kier molecular flexibility index (Phi) is 5.02. The molecular formula is C16H18N2O4S. The average Bonchev–Trinajstić information content (AvgIpc) is 2.46. The van der Waals surface area contributed by atoms with Gasteiger partial charge in [0.2, 0.25) is 10.0 Å². The highest BCUT2D eigenvalue weighted by Gasteiger charge is 2.09. The van der Waals surface area contributed by atoms with Gasteiger partial charge in [-0.25, -0.2) is 13.6 Å². The van der Waals surface area contributed by atoms with Gasteiger partial charge in [-0.2, -0.15) is 0 Å². The van der Waals surface area contributed by atoms with E-state index in [1.807, 2.05) is 32.0 Å². The van der Waals surface area contributed by atoms with Crippen LogP contribution in [0.2, 0.25) is 0 Å². The summed E-state index contributed by atoms with van der Waals surface area (Å²) < 4.78 is 27.8. The van der Waals surface area contributed by atoms with E-state index in [0.717, 1.165) is 11.1 Å². The van der Waals surface area contributed by atoms with Crippen molar-refractivity contribution in [2.75, 3.05) is 11.9 Å². The van der Waals surface area contributed by atoms with Gasteiger partial charge in [-0.05, 0) is 49.7 Å². The van der Waals surface area contributed by atoms with E-state index in [9.17, 15) is 13.2 Å². The molecule has 2 aromatic carbocycles. The minimum absolute atomic E-state index is 0.0120. The van der Waals surface area contributed by atoms with Crippen molar-refractivity contribution in [2.45, 2.75) is 18.7 Å². The van der Waals surface area contributed by atoms with Crippen molar-refractivity contribution in [3.63, 3.8) is 0 Å². The maximum absolute atomic E-state index is 11.9. The van der Waals surface area contributed by atoms with Crippen LogP contribution in [0.5, 0.6) is 5.75 Å². The molecule has 2 rings (SSSR count). The van der Waals surface area contributed by atoms with Crippen LogP contribution in [-0.2, 0) is 14.8 Å². The minimum Gasteiger partial charge on any atom is -0.483 e. The Morgan fingerprint density at radius 2 is 1.78 bits per heavy atom. The van der Waals surface area contributed by atoms with Crippen molar-refractivity contribution in [3.05, 3.63) is 53.6 Å². The molecule has 0 radical (unpaired) electrons. The van der Waals surface area contributed by atoms with Gasteiger partial charge in [0.05, 0.1) is 4.90 Å². The molecule has 0 spiro atoms. The Morgan fingerprint density at radius 3 is 2.35 bits per heavy atom. The standard InChI is InChI=1S/C16H18N2O4S/c1-11-3-8-15(12(2)9-11)22-10-16(19)18-13-4-6-14(7-5-13)23(17,20)21/h3-9H,10H2,1-2H3,(H,18,19)(H2,17,20,21). The molecule has 23 heavy (non-hydrogen) atoms. The summed E-state index contributed by atoms with van der Waals surface area (Å²) in [6.07, 6.45) is 0. The Bertz CT molecular complexity index is 814. The number of carbonyl (C=O) groups excluding carboxylic acids is 1. The second-order valence-corrected chi connectivity index (χ2v) is 6.74. The van der Waals surface area contributed by atoms with E-state index in [-0.39, 0.29) is 17.4 Å². The van der Waals surface area contributed by atoms with Crippen molar-refractivity contribution < 1.29 is 17.9 Å². The molecule has 0 saturated carbocycles. The topological polar surface area (TPSA) is 98.5 Å². The lowest BCUT2D eigenvalue weighted by atomic mass is 10.1. The maximum atomic E-state index is 11.9. The number of hydrogen-bond donors (Lipinski definition) is 2. The van der Waals surface area contributed by atoms with Gasteiger partial charge in [-0.15, -0.1) is 0 Å². The van der Waals surface area contributed by atoms with Gasteiger partial charge < -0.3 is 10.1 Å². The fourth-order valence-corrected chi connectivity index (χ4v) is 2.55. The van der Waals surface area contributed by atoms with Crippen molar-refractivity contribution in [1.82, 2.24) is 0 Å². The van der Waals surface area contributed by atoms with Gasteiger partial charge in [-0.1, -0.05) is 17.7 Å². The van der Waals surface area contributed by atoms with E-state index in [1.165, 1.54) is 24.3 Å². The molecule has 2 aromatic rings. The van der Waals surface area contributed by atoms with Crippen LogP contribution in [0.25, 0.3) is 0 Å². The summed E-state index contributed by atoms with van der Waals surface area (Å²) in [4.78, 5) is 11.9. The molecule has 0 aliphatic heterocycles. The Hall–Kier alpha value is -2.38. The lowest BCUT2D eigenvalue weighted by Gasteiger charge is -2.10. The van der Waals surface area contributed by atoms with Crippen LogP contribution < -0.4 is 15.2 Å². The monoisotopic (exact) mass is 334 g/mol. The van der Waals surface area contributed by atoms with Gasteiger partial charge in [0.25, 0.3) is 5.91 Å². The van der Waals surface area contributed by atoms with Crippen LogP contribution in [0.3, 0.4) is 0 Å². The number of benzene rings is 2. The molecule has 3 N–H and O–H groups in total. The van der Waals surface area contributed by atoms with Crippen LogP contribution in [-0.4, -0.2) is 20.9 Å². The summed E-state index contributed by atoms with van der Waals surface area (Å²) in [6.45, 7) is 3.75. The molecule has 0 aromatic heterocycles. The molecule has 0 saturated heterocycles. The fourth-order valence-electron chi connectivity index (χ4n) is 2.03. The number of primary sulfonamides is 1. The molecule has 0 aliphatic carbocycles. The van der Waals surface area contributed by atoms with Gasteiger partial charge in [0.1, 0.15) is 5.75 Å². The first-order valence-corrected chi connectivity index (χ1v) is 8.43. The number of anilines is 1. The fraction of sp³-hybridized carbons (Fsp3) is 0.188. The zero-order valence-electron chi connectivity index (χ0n) is 12.9. The Morgan fingerprint density at radius 1 is 1.13 bits per heavy atom. The summed E-state index contributed by atoms with van der Waals surface area (Å²) in [5.41, 5.74) is 2.54. The van der Waals surface area contributed by atoms with E-state index in [1.54, 1.807) is 0 Å². The smallest absolute Gasteiger partial charge is 0.262 e. The molecule has 6 nitrogen and oxygen atoms in total. The third-order valence-electron chi connectivity index (χ3n) is 3.16. The highest BCUT2D eigenvalue weighted by molar-refractivity contribution is 7.89. The molecule has 1 amide bonds. The van der Waals surface area contributed by atoms with Crippen LogP contribution in [0.15, 0.2) is 47.4 Å². The number of ether oxygens (including phenoxy) is 1. The first-order chi connectivity index (χ1) is 10.8. The summed E-state index contributed by atoms with van der Waals surface area (Å²) in [7, 11) is -3.74. The summed E-state index contributed by atoms with van der Waals surface area (Å²) >= 11 is 0. The molecule has 0 atom stereocenters. The number of hydrogen-bond acceptors (Lipinski definition) is 4. The van der Waals surface area contributed by atoms with Crippen molar-refractivity contribution in [3.8, 4) is 5.75 Å². The molecular weight excluding hydrogens is 316 g/mol. The molecule has 0 fully saturated rings. The lowest BCUT2D eigenvalue weighted by Crippen LogP contribution is -2.20. The van der Waals surface area contributed by atoms with Crippen LogP contribution >= 0.6 is 0 Å². The highest BCUT2D eigenvalue weighted by atomic mass is 32.2. The summed E-state index contributed by atoms with van der Waals surface area (Å²) in [5.74, 6) is 0.309. The number of nitrogens with one attached hydrogen (secondary N) is 1. The van der Waals surface area contributed by atoms with Crippen LogP contribution in [0.1, 0.15) is 11.1 Å². The van der Waals surface area contributed by atoms with Crippen LogP contribution in [0, 0.1) is 13.8 Å². The first-order valence-electron chi connectivity index (χ1n) is 6.88. The molecule has 122 valence electrons. The molecule has 0 bridgehead atoms. The molecule has 0 aliphatic rings. The Balaban J connectivity index is 1.94. The van der Waals surface area contributed by atoms with E-state index in [2.05, 4.69) is 5.32 Å². The van der Waals surface area contributed by atoms with E-state index < -0.39 is 10.0 Å². The van der Waals surface area contributed by atoms with E-state index in [0.29, 0.717) is 11.4 Å². The van der Waals surface area contributed by atoms with Gasteiger partial charge in [0.15, 0.2) is 6.61 Å². The second-order valence-electron chi connectivity index (χ2n) is 5.18. The molecule has 7 heteroatoms. The third-order valence-corrected chi connectivity index (χ3v) is 4.09. The zero-order valence-corrected chi connectivity index (χ0v) is 13.7. The number of rotatable bonds is 5. The normalized spacial score (nSPS) is 11.1. The van der Waals surface area contributed by atoms with Crippen molar-refractivity contribution in [1.29, 1.82) is 0 Å². The second kappa shape index (κ2) is 6.80. The van der Waals surface area contributed by atoms with E-state index >= 15 is 0 Å². The predicted molar refractivity (Wildman–Crippen MR) is 87.9 cm³/mol. The Labute approximate surface area is 135 Å².